The lowest BCUT2D eigenvalue weighted by atomic mass is 9.84. The van der Waals surface area contributed by atoms with E-state index in [0.717, 1.165) is 22.5 Å². The van der Waals surface area contributed by atoms with Gasteiger partial charge in [-0.25, -0.2) is 9.48 Å². The van der Waals surface area contributed by atoms with Crippen LogP contribution in [-0.2, 0) is 0 Å². The molecular weight excluding hydrogens is 390 g/mol. The predicted octanol–water partition coefficient (Wildman–Crippen LogP) is 3.79. The van der Waals surface area contributed by atoms with Crippen molar-refractivity contribution in [1.29, 1.82) is 0 Å². The molecule has 1 unspecified atom stereocenters. The van der Waals surface area contributed by atoms with Crippen molar-refractivity contribution >= 4 is 17.4 Å². The Hall–Kier alpha value is -3.58. The molecule has 0 amide bonds. The third-order valence-corrected chi connectivity index (χ3v) is 5.22. The summed E-state index contributed by atoms with van der Waals surface area (Å²) in [4.78, 5) is 18.6. The van der Waals surface area contributed by atoms with Crippen molar-refractivity contribution in [3.8, 4) is 17.4 Å². The number of aromatic amines is 1. The maximum atomic E-state index is 12.0. The fourth-order valence-corrected chi connectivity index (χ4v) is 3.98. The number of hydrogen-bond acceptors (Lipinski definition) is 5. The highest BCUT2D eigenvalue weighted by atomic mass is 35.5. The summed E-state index contributed by atoms with van der Waals surface area (Å²) >= 11 is 6.27. The Kier molecular flexibility index (Phi) is 3.92. The molecule has 1 atom stereocenters. The summed E-state index contributed by atoms with van der Waals surface area (Å²) in [6.07, 6.45) is 0. The number of ether oxygens (including phenoxy) is 1. The molecule has 0 spiro atoms. The average Bonchev–Trinajstić information content (AvgIpc) is 3.03. The van der Waals surface area contributed by atoms with Crippen molar-refractivity contribution in [2.24, 2.45) is 0 Å². The summed E-state index contributed by atoms with van der Waals surface area (Å²) in [5.74, 6) is 0.543. The van der Waals surface area contributed by atoms with Crippen LogP contribution in [0.25, 0.3) is 5.69 Å². The van der Waals surface area contributed by atoms with Crippen LogP contribution in [0.4, 0.5) is 5.82 Å². The molecule has 144 valence electrons. The number of para-hydroxylation sites is 1. The van der Waals surface area contributed by atoms with Gasteiger partial charge in [0.2, 0.25) is 11.8 Å². The second-order valence-corrected chi connectivity index (χ2v) is 7.25. The van der Waals surface area contributed by atoms with Gasteiger partial charge in [0.15, 0.2) is 0 Å². The van der Waals surface area contributed by atoms with Gasteiger partial charge in [-0.05, 0) is 36.8 Å². The van der Waals surface area contributed by atoms with Crippen LogP contribution >= 0.6 is 11.6 Å². The number of benzene rings is 2. The van der Waals surface area contributed by atoms with Crippen LogP contribution < -0.4 is 16.2 Å². The van der Waals surface area contributed by atoms with Gasteiger partial charge in [0, 0.05) is 5.02 Å². The van der Waals surface area contributed by atoms with E-state index in [1.807, 2.05) is 55.5 Å². The third-order valence-electron chi connectivity index (χ3n) is 4.98. The Morgan fingerprint density at radius 1 is 1.14 bits per heavy atom. The van der Waals surface area contributed by atoms with E-state index in [1.54, 1.807) is 10.7 Å². The molecule has 3 heterocycles. The fourth-order valence-electron chi connectivity index (χ4n) is 3.78. The van der Waals surface area contributed by atoms with Crippen LogP contribution in [0.15, 0.2) is 59.4 Å². The van der Waals surface area contributed by atoms with Crippen LogP contribution in [-0.4, -0.2) is 19.7 Å². The Labute approximate surface area is 170 Å². The molecule has 0 saturated carbocycles. The van der Waals surface area contributed by atoms with Crippen LogP contribution in [0.2, 0.25) is 5.02 Å². The fraction of sp³-hybridized carbons (Fsp3) is 0.0952. The molecule has 0 bridgehead atoms. The Balaban J connectivity index is 1.83. The number of nitrogen functional groups attached to an aromatic ring is 1. The molecule has 29 heavy (non-hydrogen) atoms. The van der Waals surface area contributed by atoms with Gasteiger partial charge in [0.1, 0.15) is 5.82 Å². The van der Waals surface area contributed by atoms with E-state index in [4.69, 9.17) is 27.2 Å². The van der Waals surface area contributed by atoms with Crippen molar-refractivity contribution in [2.75, 3.05) is 5.73 Å². The van der Waals surface area contributed by atoms with Gasteiger partial charge in [0.25, 0.3) is 0 Å². The Bertz CT molecular complexity index is 1300. The lowest BCUT2D eigenvalue weighted by Crippen LogP contribution is -2.22. The van der Waals surface area contributed by atoms with Gasteiger partial charge in [-0.3, -0.25) is 4.98 Å². The van der Waals surface area contributed by atoms with Crippen molar-refractivity contribution in [2.45, 2.75) is 12.8 Å². The lowest BCUT2D eigenvalue weighted by Gasteiger charge is -2.27. The molecular formula is C21H16ClN5O2. The standard InChI is InChI=1S/C21H16ClN5O2/c1-11-15-16(12-6-5-7-13(22)10-12)17-18(23)24-21(28)25-19(17)29-20(15)27(26-11)14-8-3-2-4-9-14/h2-10,16H,1H3,(H3,23,24,25,28). The lowest BCUT2D eigenvalue weighted by molar-refractivity contribution is 0.401. The maximum Gasteiger partial charge on any atom is 0.349 e. The molecule has 0 radical (unpaired) electrons. The second kappa shape index (κ2) is 6.49. The molecule has 7 nitrogen and oxygen atoms in total. The normalized spacial score (nSPS) is 14.8. The van der Waals surface area contributed by atoms with Crippen molar-refractivity contribution in [3.05, 3.63) is 92.5 Å². The van der Waals surface area contributed by atoms with Crippen LogP contribution in [0.3, 0.4) is 0 Å². The number of nitrogens with zero attached hydrogens (tertiary/aromatic N) is 3. The molecule has 1 aliphatic rings. The number of anilines is 1. The summed E-state index contributed by atoms with van der Waals surface area (Å²) in [6.45, 7) is 1.92. The van der Waals surface area contributed by atoms with E-state index in [2.05, 4.69) is 9.97 Å². The second-order valence-electron chi connectivity index (χ2n) is 6.82. The monoisotopic (exact) mass is 405 g/mol. The van der Waals surface area contributed by atoms with Gasteiger partial charge < -0.3 is 10.5 Å². The SMILES string of the molecule is Cc1nn(-c2ccccc2)c2c1C(c1cccc(Cl)c1)c1c(nc(=O)[nH]c1N)O2. The van der Waals surface area contributed by atoms with E-state index in [9.17, 15) is 4.79 Å². The summed E-state index contributed by atoms with van der Waals surface area (Å²) in [5.41, 5.74) is 9.59. The first-order valence-electron chi connectivity index (χ1n) is 9.01. The maximum absolute atomic E-state index is 12.0. The van der Waals surface area contributed by atoms with E-state index < -0.39 is 5.69 Å². The van der Waals surface area contributed by atoms with Gasteiger partial charge in [-0.2, -0.15) is 10.1 Å². The Morgan fingerprint density at radius 3 is 2.69 bits per heavy atom. The number of aryl methyl sites for hydroxylation is 1. The molecule has 0 fully saturated rings. The zero-order valence-electron chi connectivity index (χ0n) is 15.4. The number of rotatable bonds is 2. The number of fused-ring (bicyclic) bond motifs is 2. The van der Waals surface area contributed by atoms with E-state index in [-0.39, 0.29) is 17.6 Å². The van der Waals surface area contributed by atoms with Crippen LogP contribution in [0.5, 0.6) is 11.8 Å². The number of H-pyrrole nitrogens is 1. The van der Waals surface area contributed by atoms with Gasteiger partial charge in [-0.1, -0.05) is 41.9 Å². The third kappa shape index (κ3) is 2.78. The molecule has 1 aliphatic heterocycles. The number of nitrogens with two attached hydrogens (primary N) is 1. The van der Waals surface area contributed by atoms with E-state index >= 15 is 0 Å². The number of halogens is 1. The summed E-state index contributed by atoms with van der Waals surface area (Å²) in [7, 11) is 0. The van der Waals surface area contributed by atoms with Crippen LogP contribution in [0, 0.1) is 6.92 Å². The minimum absolute atomic E-state index is 0.167. The molecule has 2 aromatic heterocycles. The zero-order chi connectivity index (χ0) is 20.1. The predicted molar refractivity (Wildman–Crippen MR) is 110 cm³/mol. The topological polar surface area (TPSA) is 98.8 Å². The van der Waals surface area contributed by atoms with Crippen LogP contribution in [0.1, 0.15) is 28.3 Å². The van der Waals surface area contributed by atoms with Crippen molar-refractivity contribution < 1.29 is 4.74 Å². The summed E-state index contributed by atoms with van der Waals surface area (Å²) < 4.78 is 7.80. The highest BCUT2D eigenvalue weighted by Gasteiger charge is 2.37. The number of nitrogens with one attached hydrogen (secondary N) is 1. The first-order valence-corrected chi connectivity index (χ1v) is 9.38. The number of hydrogen-bond donors (Lipinski definition) is 2. The smallest absolute Gasteiger partial charge is 0.349 e. The quantitative estimate of drug-likeness (QED) is 0.465. The zero-order valence-corrected chi connectivity index (χ0v) is 16.1. The molecule has 8 heteroatoms. The van der Waals surface area contributed by atoms with E-state index in [1.165, 1.54) is 0 Å². The molecule has 3 N–H and O–H groups in total. The first-order chi connectivity index (χ1) is 14.0. The highest BCUT2D eigenvalue weighted by Crippen LogP contribution is 2.49. The average molecular weight is 406 g/mol. The van der Waals surface area contributed by atoms with Crippen molar-refractivity contribution in [3.63, 3.8) is 0 Å². The molecule has 2 aromatic carbocycles. The van der Waals surface area contributed by atoms with Gasteiger partial charge in [0.05, 0.1) is 28.4 Å². The number of aromatic nitrogens is 4. The summed E-state index contributed by atoms with van der Waals surface area (Å²) in [5, 5.41) is 5.30. The molecule has 0 saturated heterocycles. The van der Waals surface area contributed by atoms with E-state index in [0.29, 0.717) is 16.5 Å². The largest absolute Gasteiger partial charge is 0.420 e. The molecule has 0 aliphatic carbocycles. The highest BCUT2D eigenvalue weighted by molar-refractivity contribution is 6.30. The minimum Gasteiger partial charge on any atom is -0.420 e. The van der Waals surface area contributed by atoms with Gasteiger partial charge in [-0.15, -0.1) is 0 Å². The minimum atomic E-state index is -0.572. The summed E-state index contributed by atoms with van der Waals surface area (Å²) in [6, 6.07) is 17.1. The molecule has 4 aromatic rings. The molecule has 5 rings (SSSR count). The first kappa shape index (κ1) is 17.5. The van der Waals surface area contributed by atoms with Gasteiger partial charge >= 0.3 is 5.69 Å². The Morgan fingerprint density at radius 2 is 1.93 bits per heavy atom. The van der Waals surface area contributed by atoms with Crippen molar-refractivity contribution in [1.82, 2.24) is 19.7 Å².